The van der Waals surface area contributed by atoms with Gasteiger partial charge in [-0.15, -0.1) is 0 Å². The highest BCUT2D eigenvalue weighted by molar-refractivity contribution is 7.98. The molecule has 46 heavy (non-hydrogen) atoms. The molecule has 0 radical (unpaired) electrons. The molecule has 2 amide bonds. The fraction of sp³-hybridized carbons (Fsp3) is 0.353. The molecule has 0 aliphatic heterocycles. The number of carbonyl (C=O) groups is 2. The van der Waals surface area contributed by atoms with Crippen molar-refractivity contribution in [3.05, 3.63) is 70.1 Å². The molecule has 0 unspecified atom stereocenters. The van der Waals surface area contributed by atoms with Gasteiger partial charge >= 0.3 is 0 Å². The van der Waals surface area contributed by atoms with Gasteiger partial charge in [-0.2, -0.15) is 11.8 Å². The van der Waals surface area contributed by atoms with Crippen LogP contribution in [0.3, 0.4) is 0 Å². The molecule has 5 rings (SSSR count). The van der Waals surface area contributed by atoms with E-state index in [1.54, 1.807) is 51.6 Å². The average Bonchev–Trinajstić information content (AvgIpc) is 3.25. The zero-order valence-electron chi connectivity index (χ0n) is 26.9. The molecule has 12 heteroatoms. The molecule has 0 fully saturated rings. The van der Waals surface area contributed by atoms with Crippen molar-refractivity contribution < 1.29 is 23.8 Å². The van der Waals surface area contributed by atoms with Gasteiger partial charge in [0.15, 0.2) is 11.5 Å². The number of carbonyl (C=O) groups excluding carboxylic acids is 2. The number of ether oxygens (including phenoxy) is 3. The number of aryl methyl sites for hydroxylation is 2. The van der Waals surface area contributed by atoms with Crippen LogP contribution in [0.4, 0.5) is 11.4 Å². The van der Waals surface area contributed by atoms with E-state index < -0.39 is 12.1 Å². The van der Waals surface area contributed by atoms with E-state index in [1.165, 1.54) is 6.92 Å². The summed E-state index contributed by atoms with van der Waals surface area (Å²) in [6.45, 7) is 1.46. The Balaban J connectivity index is 1.57. The molecule has 1 aromatic heterocycles. The van der Waals surface area contributed by atoms with Crippen molar-refractivity contribution in [3.8, 4) is 28.4 Å². The standard InChI is InChI=1S/C34H39N5O6S/c1-19(40)36-24-10-7-20-15-30(43-3)32(44-4)33(45-5)31(20)22-9-11-25(29(41)17-23(22)24)38-26(13-14-46-6)34(42)37-21-8-12-28-27(16-21)35-18-39(28)2/h8-9,11-12,15-18,24,26H,7,10,13-14H2,1-6H3,(H,36,40)(H,37,42)(H,38,41)/t24-,26-/m1/s1. The Bertz CT molecular complexity index is 1840. The number of imidazole rings is 1. The Morgan fingerprint density at radius 2 is 1.85 bits per heavy atom. The number of nitrogens with one attached hydrogen (secondary N) is 3. The summed E-state index contributed by atoms with van der Waals surface area (Å²) < 4.78 is 19.1. The fourth-order valence-electron chi connectivity index (χ4n) is 5.96. The van der Waals surface area contributed by atoms with Crippen LogP contribution in [0.2, 0.25) is 0 Å². The second-order valence-electron chi connectivity index (χ2n) is 11.1. The summed E-state index contributed by atoms with van der Waals surface area (Å²) in [7, 11) is 6.58. The lowest BCUT2D eigenvalue weighted by Crippen LogP contribution is -2.36. The molecular weight excluding hydrogens is 606 g/mol. The van der Waals surface area contributed by atoms with Crippen molar-refractivity contribution in [2.75, 3.05) is 44.0 Å². The Morgan fingerprint density at radius 1 is 1.07 bits per heavy atom. The predicted molar refractivity (Wildman–Crippen MR) is 182 cm³/mol. The van der Waals surface area contributed by atoms with Crippen LogP contribution in [-0.2, 0) is 23.1 Å². The van der Waals surface area contributed by atoms with Crippen molar-refractivity contribution in [1.29, 1.82) is 0 Å². The quantitative estimate of drug-likeness (QED) is 0.208. The van der Waals surface area contributed by atoms with Crippen molar-refractivity contribution in [2.24, 2.45) is 7.05 Å². The van der Waals surface area contributed by atoms with E-state index in [0.717, 1.165) is 22.2 Å². The van der Waals surface area contributed by atoms with Gasteiger partial charge in [0.25, 0.3) is 0 Å². The highest BCUT2D eigenvalue weighted by atomic mass is 32.2. The second kappa shape index (κ2) is 14.2. The highest BCUT2D eigenvalue weighted by Crippen LogP contribution is 2.50. The number of aromatic nitrogens is 2. The first-order chi connectivity index (χ1) is 22.2. The summed E-state index contributed by atoms with van der Waals surface area (Å²) >= 11 is 1.62. The van der Waals surface area contributed by atoms with Gasteiger partial charge in [-0.3, -0.25) is 14.4 Å². The van der Waals surface area contributed by atoms with Gasteiger partial charge in [0.05, 0.1) is 50.4 Å². The van der Waals surface area contributed by atoms with Crippen molar-refractivity contribution in [1.82, 2.24) is 14.9 Å². The summed E-state index contributed by atoms with van der Waals surface area (Å²) in [4.78, 5) is 44.1. The number of anilines is 2. The lowest BCUT2D eigenvalue weighted by Gasteiger charge is -2.19. The fourth-order valence-corrected chi connectivity index (χ4v) is 6.43. The number of nitrogens with zero attached hydrogens (tertiary/aromatic N) is 2. The maximum Gasteiger partial charge on any atom is 0.246 e. The first kappa shape index (κ1) is 32.7. The smallest absolute Gasteiger partial charge is 0.246 e. The number of hydrogen-bond acceptors (Lipinski definition) is 9. The van der Waals surface area contributed by atoms with Gasteiger partial charge < -0.3 is 34.7 Å². The Hall–Kier alpha value is -4.71. The van der Waals surface area contributed by atoms with Crippen LogP contribution in [0.5, 0.6) is 17.2 Å². The van der Waals surface area contributed by atoms with E-state index in [2.05, 4.69) is 20.9 Å². The Labute approximate surface area is 272 Å². The highest BCUT2D eigenvalue weighted by Gasteiger charge is 2.30. The molecule has 4 aromatic rings. The van der Waals surface area contributed by atoms with Crippen LogP contribution in [0.1, 0.15) is 36.9 Å². The molecule has 1 heterocycles. The molecule has 1 aliphatic rings. The van der Waals surface area contributed by atoms with E-state index >= 15 is 0 Å². The molecule has 1 aliphatic carbocycles. The van der Waals surface area contributed by atoms with Crippen molar-refractivity contribution >= 4 is 46.0 Å². The van der Waals surface area contributed by atoms with Crippen molar-refractivity contribution in [2.45, 2.75) is 38.3 Å². The second-order valence-corrected chi connectivity index (χ2v) is 12.1. The first-order valence-electron chi connectivity index (χ1n) is 14.9. The van der Waals surface area contributed by atoms with Crippen LogP contribution in [0.25, 0.3) is 22.2 Å². The van der Waals surface area contributed by atoms with Gasteiger partial charge in [-0.25, -0.2) is 4.98 Å². The lowest BCUT2D eigenvalue weighted by molar-refractivity contribution is -0.120. The van der Waals surface area contributed by atoms with Crippen LogP contribution in [0, 0.1) is 0 Å². The minimum atomic E-state index is -0.695. The molecule has 0 saturated heterocycles. The first-order valence-corrected chi connectivity index (χ1v) is 16.3. The number of thioether (sulfide) groups is 1. The molecule has 11 nitrogen and oxygen atoms in total. The monoisotopic (exact) mass is 645 g/mol. The Kier molecular flexibility index (Phi) is 10.1. The summed E-state index contributed by atoms with van der Waals surface area (Å²) in [6.07, 6.45) is 5.32. The zero-order valence-corrected chi connectivity index (χ0v) is 27.7. The van der Waals surface area contributed by atoms with Crippen LogP contribution in [-0.4, -0.2) is 60.7 Å². The van der Waals surface area contributed by atoms with Crippen LogP contribution < -0.4 is 35.6 Å². The Morgan fingerprint density at radius 3 is 2.54 bits per heavy atom. The minimum Gasteiger partial charge on any atom is -0.493 e. The number of amides is 2. The van der Waals surface area contributed by atoms with Gasteiger partial charge in [0, 0.05) is 25.2 Å². The maximum atomic E-state index is 13.9. The van der Waals surface area contributed by atoms with Crippen molar-refractivity contribution in [3.63, 3.8) is 0 Å². The SMILES string of the molecule is COc1cc2c(c(OC)c1OC)-c1ccc(N[C@H](CCSC)C(=O)Nc3ccc4c(c3)ncn4C)c(=O)cc1[C@H](NC(C)=O)CC2. The molecule has 0 saturated carbocycles. The minimum absolute atomic E-state index is 0.209. The normalized spacial score (nSPS) is 14.3. The number of methoxy groups -OCH3 is 3. The molecule has 0 spiro atoms. The molecule has 3 aromatic carbocycles. The molecule has 0 bridgehead atoms. The predicted octanol–water partition coefficient (Wildman–Crippen LogP) is 4.92. The zero-order chi connectivity index (χ0) is 33.0. The van der Waals surface area contributed by atoms with E-state index in [0.29, 0.717) is 59.1 Å². The summed E-state index contributed by atoms with van der Waals surface area (Å²) in [5.41, 5.74) is 5.33. The van der Waals surface area contributed by atoms with Crippen LogP contribution >= 0.6 is 11.8 Å². The number of fused-ring (bicyclic) bond motifs is 4. The summed E-state index contributed by atoms with van der Waals surface area (Å²) in [5, 5.41) is 9.24. The molecule has 3 N–H and O–H groups in total. The topological polar surface area (TPSA) is 133 Å². The largest absolute Gasteiger partial charge is 0.493 e. The molecule has 2 atom stereocenters. The number of hydrogen-bond donors (Lipinski definition) is 3. The van der Waals surface area contributed by atoms with Gasteiger partial charge in [0.2, 0.25) is 23.0 Å². The number of benzene rings is 2. The third kappa shape index (κ3) is 6.62. The molecule has 242 valence electrons. The number of rotatable bonds is 11. The van der Waals surface area contributed by atoms with Gasteiger partial charge in [-0.05, 0) is 84.4 Å². The van der Waals surface area contributed by atoms with Crippen LogP contribution in [0.15, 0.2) is 53.6 Å². The average molecular weight is 646 g/mol. The third-order valence-corrected chi connectivity index (χ3v) is 8.81. The lowest BCUT2D eigenvalue weighted by atomic mass is 9.95. The third-order valence-electron chi connectivity index (χ3n) is 8.17. The van der Waals surface area contributed by atoms with Gasteiger partial charge in [0.1, 0.15) is 6.04 Å². The van der Waals surface area contributed by atoms with E-state index in [9.17, 15) is 14.4 Å². The summed E-state index contributed by atoms with van der Waals surface area (Å²) in [6, 6.07) is 11.4. The maximum absolute atomic E-state index is 13.9. The van der Waals surface area contributed by atoms with Gasteiger partial charge in [-0.1, -0.05) is 6.07 Å². The van der Waals surface area contributed by atoms with E-state index in [4.69, 9.17) is 14.2 Å². The van der Waals surface area contributed by atoms with E-state index in [1.807, 2.05) is 48.2 Å². The molecular formula is C34H39N5O6S. The van der Waals surface area contributed by atoms with E-state index in [-0.39, 0.29) is 22.9 Å². The summed E-state index contributed by atoms with van der Waals surface area (Å²) in [5.74, 6) is 1.64.